The number of carbonyl (C=O) groups excluding carboxylic acids is 1. The number of carboxylic acid groups (broad SMARTS) is 1. The Morgan fingerprint density at radius 2 is 1.62 bits per heavy atom. The third-order valence-corrected chi connectivity index (χ3v) is 2.94. The summed E-state index contributed by atoms with van der Waals surface area (Å²) in [5.74, 6) is -1.73. The molecule has 0 radical (unpaired) electrons. The first-order chi connectivity index (χ1) is 10.2. The molecule has 1 aromatic rings. The zero-order valence-electron chi connectivity index (χ0n) is 12.3. The Morgan fingerprint density at radius 3 is 2.29 bits per heavy atom. The van der Waals surface area contributed by atoms with Gasteiger partial charge in [-0.25, -0.2) is 9.59 Å². The first-order valence-electron chi connectivity index (χ1n) is 7.24. The second kappa shape index (κ2) is 9.94. The van der Waals surface area contributed by atoms with E-state index in [0.717, 1.165) is 25.9 Å². The summed E-state index contributed by atoms with van der Waals surface area (Å²) in [7, 11) is 0. The summed E-state index contributed by atoms with van der Waals surface area (Å²) in [6.07, 6.45) is 3.69. The highest BCUT2D eigenvalue weighted by Crippen LogP contribution is 2.10. The van der Waals surface area contributed by atoms with Crippen molar-refractivity contribution >= 4 is 11.9 Å². The normalized spacial score (nSPS) is 10.3. The number of carboxylic acids is 1. The molecule has 0 aromatic heterocycles. The quantitative estimate of drug-likeness (QED) is 0.530. The number of rotatable bonds is 10. The number of aromatic carboxylic acids is 1. The molecule has 0 unspecified atom stereocenters. The maximum Gasteiger partial charge on any atom is 0.339 e. The van der Waals surface area contributed by atoms with E-state index in [1.807, 2.05) is 0 Å². The highest BCUT2D eigenvalue weighted by molar-refractivity contribution is 6.02. The molecule has 1 aromatic carbocycles. The molecule has 1 rings (SSSR count). The molecule has 0 aliphatic carbocycles. The molecule has 0 amide bonds. The SMILES string of the molecule is CCCCOCCCCOC(=O)c1ccccc1C(=O)O. The van der Waals surface area contributed by atoms with Crippen LogP contribution in [0.1, 0.15) is 53.3 Å². The van der Waals surface area contributed by atoms with E-state index in [2.05, 4.69) is 6.92 Å². The summed E-state index contributed by atoms with van der Waals surface area (Å²) >= 11 is 0. The molecule has 116 valence electrons. The average Bonchev–Trinajstić information content (AvgIpc) is 2.49. The highest BCUT2D eigenvalue weighted by Gasteiger charge is 2.16. The summed E-state index contributed by atoms with van der Waals surface area (Å²) in [5.41, 5.74) is 0.0506. The second-order valence-electron chi connectivity index (χ2n) is 4.66. The summed E-state index contributed by atoms with van der Waals surface area (Å²) in [5, 5.41) is 9.00. The smallest absolute Gasteiger partial charge is 0.339 e. The summed E-state index contributed by atoms with van der Waals surface area (Å²) in [4.78, 5) is 22.8. The van der Waals surface area contributed by atoms with Crippen LogP contribution in [0.3, 0.4) is 0 Å². The monoisotopic (exact) mass is 294 g/mol. The molecule has 0 saturated heterocycles. The van der Waals surface area contributed by atoms with Crippen LogP contribution in [-0.4, -0.2) is 36.9 Å². The molecular formula is C16H22O5. The molecular weight excluding hydrogens is 272 g/mol. The fourth-order valence-corrected chi connectivity index (χ4v) is 1.74. The molecule has 0 aliphatic heterocycles. The van der Waals surface area contributed by atoms with E-state index in [9.17, 15) is 9.59 Å². The van der Waals surface area contributed by atoms with Gasteiger partial charge >= 0.3 is 11.9 Å². The minimum Gasteiger partial charge on any atom is -0.478 e. The molecule has 1 N–H and O–H groups in total. The van der Waals surface area contributed by atoms with Crippen molar-refractivity contribution in [1.29, 1.82) is 0 Å². The van der Waals surface area contributed by atoms with E-state index in [1.165, 1.54) is 12.1 Å². The van der Waals surface area contributed by atoms with Gasteiger partial charge in [-0.2, -0.15) is 0 Å². The van der Waals surface area contributed by atoms with Gasteiger partial charge in [0.05, 0.1) is 17.7 Å². The van der Waals surface area contributed by atoms with Crippen LogP contribution in [0.5, 0.6) is 0 Å². The fraction of sp³-hybridized carbons (Fsp3) is 0.500. The number of carbonyl (C=O) groups is 2. The molecule has 5 nitrogen and oxygen atoms in total. The zero-order valence-corrected chi connectivity index (χ0v) is 12.3. The Balaban J connectivity index is 2.27. The zero-order chi connectivity index (χ0) is 15.5. The largest absolute Gasteiger partial charge is 0.478 e. The van der Waals surface area contributed by atoms with Crippen molar-refractivity contribution in [3.05, 3.63) is 35.4 Å². The van der Waals surface area contributed by atoms with E-state index < -0.39 is 11.9 Å². The number of hydrogen-bond acceptors (Lipinski definition) is 4. The lowest BCUT2D eigenvalue weighted by Crippen LogP contribution is -2.12. The summed E-state index contributed by atoms with van der Waals surface area (Å²) in [6.45, 7) is 3.80. The van der Waals surface area contributed by atoms with Crippen LogP contribution < -0.4 is 0 Å². The molecule has 5 heteroatoms. The molecule has 0 fully saturated rings. The number of hydrogen-bond donors (Lipinski definition) is 1. The summed E-state index contributed by atoms with van der Waals surface area (Å²) in [6, 6.07) is 6.04. The predicted molar refractivity (Wildman–Crippen MR) is 78.6 cm³/mol. The Morgan fingerprint density at radius 1 is 1.00 bits per heavy atom. The van der Waals surface area contributed by atoms with Crippen molar-refractivity contribution in [1.82, 2.24) is 0 Å². The van der Waals surface area contributed by atoms with Crippen LogP contribution in [-0.2, 0) is 9.47 Å². The first-order valence-corrected chi connectivity index (χ1v) is 7.24. The van der Waals surface area contributed by atoms with Crippen LogP contribution in [0.4, 0.5) is 0 Å². The molecule has 0 saturated carbocycles. The fourth-order valence-electron chi connectivity index (χ4n) is 1.74. The average molecular weight is 294 g/mol. The predicted octanol–water partition coefficient (Wildman–Crippen LogP) is 3.14. The van der Waals surface area contributed by atoms with Gasteiger partial charge in [0, 0.05) is 13.2 Å². The van der Waals surface area contributed by atoms with Crippen LogP contribution in [0.2, 0.25) is 0 Å². The van der Waals surface area contributed by atoms with Gasteiger partial charge in [0.25, 0.3) is 0 Å². The van der Waals surface area contributed by atoms with E-state index in [4.69, 9.17) is 14.6 Å². The van der Waals surface area contributed by atoms with Gasteiger partial charge in [-0.15, -0.1) is 0 Å². The van der Waals surface area contributed by atoms with Crippen LogP contribution >= 0.6 is 0 Å². The topological polar surface area (TPSA) is 72.8 Å². The van der Waals surface area contributed by atoms with E-state index in [0.29, 0.717) is 13.0 Å². The van der Waals surface area contributed by atoms with Crippen LogP contribution in [0.15, 0.2) is 24.3 Å². The lowest BCUT2D eigenvalue weighted by Gasteiger charge is -2.07. The van der Waals surface area contributed by atoms with Crippen LogP contribution in [0, 0.1) is 0 Å². The maximum absolute atomic E-state index is 11.8. The second-order valence-corrected chi connectivity index (χ2v) is 4.66. The lowest BCUT2D eigenvalue weighted by atomic mass is 10.1. The number of benzene rings is 1. The molecule has 0 aliphatic rings. The van der Waals surface area contributed by atoms with Gasteiger partial charge < -0.3 is 14.6 Å². The number of esters is 1. The molecule has 21 heavy (non-hydrogen) atoms. The molecule has 0 spiro atoms. The molecule has 0 heterocycles. The van der Waals surface area contributed by atoms with Crippen molar-refractivity contribution in [2.24, 2.45) is 0 Å². The third kappa shape index (κ3) is 6.40. The van der Waals surface area contributed by atoms with Gasteiger partial charge in [0.15, 0.2) is 0 Å². The Labute approximate surface area is 124 Å². The Bertz CT molecular complexity index is 456. The number of ether oxygens (including phenoxy) is 2. The van der Waals surface area contributed by atoms with Gasteiger partial charge in [-0.05, 0) is 31.4 Å². The Hall–Kier alpha value is -1.88. The van der Waals surface area contributed by atoms with E-state index >= 15 is 0 Å². The van der Waals surface area contributed by atoms with Gasteiger partial charge in [0.1, 0.15) is 0 Å². The van der Waals surface area contributed by atoms with Crippen LogP contribution in [0.25, 0.3) is 0 Å². The minimum absolute atomic E-state index is 0.0367. The highest BCUT2D eigenvalue weighted by atomic mass is 16.5. The molecule has 0 atom stereocenters. The minimum atomic E-state index is -1.13. The van der Waals surface area contributed by atoms with Gasteiger partial charge in [-0.3, -0.25) is 0 Å². The third-order valence-electron chi connectivity index (χ3n) is 2.94. The molecule has 0 bridgehead atoms. The number of unbranched alkanes of at least 4 members (excludes halogenated alkanes) is 2. The maximum atomic E-state index is 11.8. The van der Waals surface area contributed by atoms with Crippen molar-refractivity contribution in [2.45, 2.75) is 32.6 Å². The standard InChI is InChI=1S/C16H22O5/c1-2-3-10-20-11-6-7-12-21-16(19)14-9-5-4-8-13(14)15(17)18/h4-5,8-9H,2-3,6-7,10-12H2,1H3,(H,17,18). The Kier molecular flexibility index (Phi) is 8.12. The van der Waals surface area contributed by atoms with Gasteiger partial charge in [0.2, 0.25) is 0 Å². The lowest BCUT2D eigenvalue weighted by molar-refractivity contribution is 0.0472. The van der Waals surface area contributed by atoms with Crippen molar-refractivity contribution in [3.63, 3.8) is 0 Å². The van der Waals surface area contributed by atoms with Crippen molar-refractivity contribution in [2.75, 3.05) is 19.8 Å². The van der Waals surface area contributed by atoms with Crippen molar-refractivity contribution in [3.8, 4) is 0 Å². The first kappa shape index (κ1) is 17.2. The van der Waals surface area contributed by atoms with Crippen molar-refractivity contribution < 1.29 is 24.2 Å². The van der Waals surface area contributed by atoms with E-state index in [1.54, 1.807) is 12.1 Å². The van der Waals surface area contributed by atoms with Gasteiger partial charge in [-0.1, -0.05) is 25.5 Å². The summed E-state index contributed by atoms with van der Waals surface area (Å²) < 4.78 is 10.5. The van der Waals surface area contributed by atoms with E-state index in [-0.39, 0.29) is 17.7 Å².